The van der Waals surface area contributed by atoms with Crippen LogP contribution in [0.4, 0.5) is 8.78 Å². The Balaban J connectivity index is 0.000000330. The molecule has 0 spiro atoms. The van der Waals surface area contributed by atoms with Crippen molar-refractivity contribution in [1.82, 2.24) is 15.0 Å². The van der Waals surface area contributed by atoms with Crippen LogP contribution in [-0.2, 0) is 6.54 Å². The topological polar surface area (TPSA) is 67.2 Å². The van der Waals surface area contributed by atoms with Crippen molar-refractivity contribution < 1.29 is 18.8 Å². The SMILES string of the molecule is C=Cc1cn(Cc2ccc(F)cc2F)c2cnc(C(=O)NO)cc12.Cc1ccccc1. The molecule has 0 aliphatic heterocycles. The van der Waals surface area contributed by atoms with E-state index in [0.29, 0.717) is 16.5 Å². The van der Waals surface area contributed by atoms with Crippen molar-refractivity contribution in [2.45, 2.75) is 13.5 Å². The van der Waals surface area contributed by atoms with Crippen molar-refractivity contribution in [3.63, 3.8) is 0 Å². The molecule has 0 radical (unpaired) electrons. The first kappa shape index (κ1) is 21.9. The van der Waals surface area contributed by atoms with Crippen LogP contribution >= 0.6 is 0 Å². The highest BCUT2D eigenvalue weighted by Crippen LogP contribution is 2.24. The summed E-state index contributed by atoms with van der Waals surface area (Å²) < 4.78 is 28.6. The van der Waals surface area contributed by atoms with Crippen molar-refractivity contribution in [2.75, 3.05) is 0 Å². The van der Waals surface area contributed by atoms with E-state index in [1.807, 2.05) is 18.2 Å². The second kappa shape index (κ2) is 9.77. The van der Waals surface area contributed by atoms with Gasteiger partial charge in [-0.2, -0.15) is 0 Å². The highest BCUT2D eigenvalue weighted by atomic mass is 19.1. The number of hydrogen-bond acceptors (Lipinski definition) is 3. The average Bonchev–Trinajstić information content (AvgIpc) is 3.13. The van der Waals surface area contributed by atoms with Crippen LogP contribution in [0.15, 0.2) is 73.6 Å². The quantitative estimate of drug-likeness (QED) is 0.355. The average molecular weight is 421 g/mol. The van der Waals surface area contributed by atoms with Crippen LogP contribution in [-0.4, -0.2) is 20.7 Å². The monoisotopic (exact) mass is 421 g/mol. The number of carbonyl (C=O) groups excluding carboxylic acids is 1. The standard InChI is InChI=1S/C17H13F2N3O2.C7H8/c1-2-10-8-22(9-11-3-4-12(18)5-14(11)19)16-7-20-15(6-13(10)16)17(23)21-24;1-7-5-3-2-4-6-7/h2-8,24H,1,9H2,(H,21,23);2-6H,1H3. The van der Waals surface area contributed by atoms with E-state index in [0.717, 1.165) is 11.6 Å². The molecular weight excluding hydrogens is 400 g/mol. The lowest BCUT2D eigenvalue weighted by Gasteiger charge is -2.07. The molecule has 0 saturated carbocycles. The van der Waals surface area contributed by atoms with Crippen molar-refractivity contribution in [3.8, 4) is 0 Å². The Morgan fingerprint density at radius 2 is 1.94 bits per heavy atom. The van der Waals surface area contributed by atoms with E-state index in [4.69, 9.17) is 5.21 Å². The normalized spacial score (nSPS) is 10.3. The first-order chi connectivity index (χ1) is 14.9. The van der Waals surface area contributed by atoms with Crippen LogP contribution in [0.25, 0.3) is 17.0 Å². The zero-order valence-corrected chi connectivity index (χ0v) is 16.8. The summed E-state index contributed by atoms with van der Waals surface area (Å²) in [6, 6.07) is 15.2. The van der Waals surface area contributed by atoms with Crippen LogP contribution in [0.2, 0.25) is 0 Å². The number of hydrogen-bond donors (Lipinski definition) is 2. The van der Waals surface area contributed by atoms with Gasteiger partial charge in [-0.1, -0.05) is 54.6 Å². The van der Waals surface area contributed by atoms with E-state index in [1.54, 1.807) is 16.8 Å². The molecular formula is C24H21F2N3O2. The van der Waals surface area contributed by atoms with E-state index in [1.165, 1.54) is 35.4 Å². The highest BCUT2D eigenvalue weighted by Gasteiger charge is 2.13. The molecule has 0 aliphatic carbocycles. The van der Waals surface area contributed by atoms with Gasteiger partial charge in [0, 0.05) is 23.2 Å². The number of nitrogens with one attached hydrogen (secondary N) is 1. The number of rotatable bonds is 4. The zero-order chi connectivity index (χ0) is 22.4. The molecule has 0 saturated heterocycles. The molecule has 2 N–H and O–H groups in total. The Kier molecular flexibility index (Phi) is 6.89. The van der Waals surface area contributed by atoms with E-state index >= 15 is 0 Å². The van der Waals surface area contributed by atoms with E-state index < -0.39 is 17.5 Å². The van der Waals surface area contributed by atoms with Crippen LogP contribution in [0.3, 0.4) is 0 Å². The molecule has 2 aromatic heterocycles. The summed E-state index contributed by atoms with van der Waals surface area (Å²) >= 11 is 0. The number of aromatic nitrogens is 2. The Labute approximate surface area is 178 Å². The number of carbonyl (C=O) groups is 1. The van der Waals surface area contributed by atoms with Gasteiger partial charge in [-0.15, -0.1) is 0 Å². The maximum absolute atomic E-state index is 13.9. The van der Waals surface area contributed by atoms with E-state index in [-0.39, 0.29) is 12.2 Å². The molecule has 1 amide bonds. The van der Waals surface area contributed by atoms with Gasteiger partial charge in [0.1, 0.15) is 17.3 Å². The predicted octanol–water partition coefficient (Wildman–Crippen LogP) is 5.12. The number of hydroxylamine groups is 1. The van der Waals surface area contributed by atoms with Gasteiger partial charge in [0.25, 0.3) is 5.91 Å². The first-order valence-corrected chi connectivity index (χ1v) is 9.44. The number of nitrogens with zero attached hydrogens (tertiary/aromatic N) is 2. The minimum atomic E-state index is -0.732. The second-order valence-corrected chi connectivity index (χ2v) is 6.83. The minimum Gasteiger partial charge on any atom is -0.341 e. The number of pyridine rings is 1. The van der Waals surface area contributed by atoms with Crippen molar-refractivity contribution in [1.29, 1.82) is 0 Å². The fourth-order valence-electron chi connectivity index (χ4n) is 3.06. The molecule has 0 aliphatic rings. The van der Waals surface area contributed by atoms with Gasteiger partial charge < -0.3 is 4.57 Å². The number of fused-ring (bicyclic) bond motifs is 1. The Bertz CT molecular complexity index is 1220. The van der Waals surface area contributed by atoms with Gasteiger partial charge >= 0.3 is 0 Å². The van der Waals surface area contributed by atoms with Crippen LogP contribution < -0.4 is 5.48 Å². The van der Waals surface area contributed by atoms with Crippen molar-refractivity contribution in [2.24, 2.45) is 0 Å². The molecule has 2 aromatic carbocycles. The molecule has 5 nitrogen and oxygen atoms in total. The summed E-state index contributed by atoms with van der Waals surface area (Å²) in [7, 11) is 0. The Hall–Kier alpha value is -3.84. The Morgan fingerprint density at radius 3 is 2.52 bits per heavy atom. The van der Waals surface area contributed by atoms with Gasteiger partial charge in [-0.05, 0) is 24.6 Å². The second-order valence-electron chi connectivity index (χ2n) is 6.83. The van der Waals surface area contributed by atoms with Gasteiger partial charge in [0.15, 0.2) is 0 Å². The molecule has 31 heavy (non-hydrogen) atoms. The smallest absolute Gasteiger partial charge is 0.293 e. The van der Waals surface area contributed by atoms with Crippen LogP contribution in [0.1, 0.15) is 27.2 Å². The highest BCUT2D eigenvalue weighted by molar-refractivity contribution is 5.97. The maximum atomic E-state index is 13.9. The summed E-state index contributed by atoms with van der Waals surface area (Å²) in [5, 5.41) is 9.38. The molecule has 7 heteroatoms. The number of aryl methyl sites for hydroxylation is 1. The molecule has 0 fully saturated rings. The van der Waals surface area contributed by atoms with Gasteiger partial charge in [0.2, 0.25) is 0 Å². The van der Waals surface area contributed by atoms with Gasteiger partial charge in [-0.25, -0.2) is 19.2 Å². The maximum Gasteiger partial charge on any atom is 0.293 e. The summed E-state index contributed by atoms with van der Waals surface area (Å²) in [5.74, 6) is -2.01. The molecule has 158 valence electrons. The van der Waals surface area contributed by atoms with Gasteiger partial charge in [0.05, 0.1) is 18.3 Å². The summed E-state index contributed by atoms with van der Waals surface area (Å²) in [4.78, 5) is 15.5. The molecule has 0 bridgehead atoms. The number of halogens is 2. The molecule has 0 unspecified atom stereocenters. The molecule has 0 atom stereocenters. The summed E-state index contributed by atoms with van der Waals surface area (Å²) in [6.07, 6.45) is 4.79. The predicted molar refractivity (Wildman–Crippen MR) is 116 cm³/mol. The fourth-order valence-corrected chi connectivity index (χ4v) is 3.06. The summed E-state index contributed by atoms with van der Waals surface area (Å²) in [5.41, 5.74) is 4.59. The third-order valence-electron chi connectivity index (χ3n) is 4.65. The third kappa shape index (κ3) is 5.21. The zero-order valence-electron chi connectivity index (χ0n) is 16.8. The lowest BCUT2D eigenvalue weighted by atomic mass is 10.2. The number of benzene rings is 2. The number of amides is 1. The molecule has 2 heterocycles. The third-order valence-corrected chi connectivity index (χ3v) is 4.65. The van der Waals surface area contributed by atoms with Crippen LogP contribution in [0.5, 0.6) is 0 Å². The lowest BCUT2D eigenvalue weighted by molar-refractivity contribution is 0.0701. The molecule has 4 rings (SSSR count). The van der Waals surface area contributed by atoms with Crippen LogP contribution in [0, 0.1) is 18.6 Å². The van der Waals surface area contributed by atoms with Crippen molar-refractivity contribution in [3.05, 3.63) is 108 Å². The van der Waals surface area contributed by atoms with Crippen molar-refractivity contribution >= 4 is 22.9 Å². The van der Waals surface area contributed by atoms with E-state index in [2.05, 4.69) is 30.6 Å². The largest absolute Gasteiger partial charge is 0.341 e. The summed E-state index contributed by atoms with van der Waals surface area (Å²) in [6.45, 7) is 5.97. The lowest BCUT2D eigenvalue weighted by Crippen LogP contribution is -2.19. The first-order valence-electron chi connectivity index (χ1n) is 9.44. The minimum absolute atomic E-state index is 0.0406. The van der Waals surface area contributed by atoms with Gasteiger partial charge in [-0.3, -0.25) is 10.0 Å². The fraction of sp³-hybridized carbons (Fsp3) is 0.0833. The van der Waals surface area contributed by atoms with E-state index in [9.17, 15) is 13.6 Å². The molecule has 4 aromatic rings. The Morgan fingerprint density at radius 1 is 1.19 bits per heavy atom.